The van der Waals surface area contributed by atoms with Gasteiger partial charge in [0.2, 0.25) is 0 Å². The van der Waals surface area contributed by atoms with Crippen molar-refractivity contribution in [2.75, 3.05) is 12.9 Å². The molecule has 0 aliphatic rings. The van der Waals surface area contributed by atoms with Crippen LogP contribution < -0.4 is 10.2 Å². The van der Waals surface area contributed by atoms with Crippen LogP contribution in [0.5, 0.6) is 5.75 Å². The molecule has 0 spiro atoms. The van der Waals surface area contributed by atoms with E-state index in [0.717, 1.165) is 38.4 Å². The number of rotatable bonds is 8. The molecule has 0 radical (unpaired) electrons. The molecule has 3 aromatic carbocycles. The number of methoxy groups -OCH3 is 1. The largest absolute Gasteiger partial charge is 0.496 e. The van der Waals surface area contributed by atoms with Gasteiger partial charge in [0.05, 0.1) is 23.5 Å². The van der Waals surface area contributed by atoms with E-state index in [9.17, 15) is 4.79 Å². The second-order valence-electron chi connectivity index (χ2n) is 7.32. The number of nitrogens with one attached hydrogen (secondary N) is 1. The van der Waals surface area contributed by atoms with Crippen molar-refractivity contribution in [3.8, 4) is 22.8 Å². The van der Waals surface area contributed by atoms with E-state index in [1.807, 2.05) is 84.3 Å². The third kappa shape index (κ3) is 5.73. The number of nitrogens with zero attached hydrogens (tertiary/aromatic N) is 4. The quantitative estimate of drug-likeness (QED) is 0.189. The fourth-order valence-corrected chi connectivity index (χ4v) is 4.47. The SMILES string of the molecule is COc1ccc(C=NNC(=O)CSc2nnc(-c3ccccc3)n2-c2ccc(C)cc2)cc1Br. The predicted molar refractivity (Wildman–Crippen MR) is 139 cm³/mol. The Morgan fingerprint density at radius 3 is 2.59 bits per heavy atom. The summed E-state index contributed by atoms with van der Waals surface area (Å²) in [6.45, 7) is 2.04. The number of carbonyl (C=O) groups excluding carboxylic acids is 1. The van der Waals surface area contributed by atoms with Crippen molar-refractivity contribution < 1.29 is 9.53 Å². The second kappa shape index (κ2) is 11.1. The lowest BCUT2D eigenvalue weighted by Crippen LogP contribution is -2.20. The van der Waals surface area contributed by atoms with Gasteiger partial charge in [-0.3, -0.25) is 9.36 Å². The second-order valence-corrected chi connectivity index (χ2v) is 9.12. The fraction of sp³-hybridized carbons (Fsp3) is 0.120. The molecule has 0 fully saturated rings. The molecule has 0 bridgehead atoms. The number of carbonyl (C=O) groups is 1. The van der Waals surface area contributed by atoms with Crippen molar-refractivity contribution in [1.82, 2.24) is 20.2 Å². The number of thioether (sulfide) groups is 1. The van der Waals surface area contributed by atoms with Gasteiger partial charge in [0.15, 0.2) is 11.0 Å². The minimum Gasteiger partial charge on any atom is -0.496 e. The monoisotopic (exact) mass is 535 g/mol. The highest BCUT2D eigenvalue weighted by Gasteiger charge is 2.17. The average molecular weight is 536 g/mol. The van der Waals surface area contributed by atoms with Crippen LogP contribution in [0.15, 0.2) is 87.5 Å². The van der Waals surface area contributed by atoms with Crippen molar-refractivity contribution >= 4 is 39.8 Å². The van der Waals surface area contributed by atoms with Gasteiger partial charge in [0.1, 0.15) is 5.75 Å². The van der Waals surface area contributed by atoms with Gasteiger partial charge < -0.3 is 4.74 Å². The predicted octanol–water partition coefficient (Wildman–Crippen LogP) is 5.26. The Labute approximate surface area is 210 Å². The van der Waals surface area contributed by atoms with Crippen molar-refractivity contribution in [3.05, 3.63) is 88.4 Å². The van der Waals surface area contributed by atoms with E-state index in [4.69, 9.17) is 4.74 Å². The smallest absolute Gasteiger partial charge is 0.250 e. The van der Waals surface area contributed by atoms with Gasteiger partial charge in [-0.15, -0.1) is 10.2 Å². The molecule has 7 nitrogen and oxygen atoms in total. The molecule has 1 aromatic heterocycles. The molecule has 1 heterocycles. The fourth-order valence-electron chi connectivity index (χ4n) is 3.17. The number of ether oxygens (including phenoxy) is 1. The van der Waals surface area contributed by atoms with E-state index >= 15 is 0 Å². The normalized spacial score (nSPS) is 11.0. The molecule has 9 heteroatoms. The van der Waals surface area contributed by atoms with Gasteiger partial charge in [-0.05, 0) is 58.7 Å². The summed E-state index contributed by atoms with van der Waals surface area (Å²) in [5.41, 5.74) is 6.42. The Bertz CT molecular complexity index is 1310. The first kappa shape index (κ1) is 23.7. The van der Waals surface area contributed by atoms with Crippen LogP contribution in [-0.2, 0) is 4.79 Å². The summed E-state index contributed by atoms with van der Waals surface area (Å²) in [7, 11) is 1.61. The highest BCUT2D eigenvalue weighted by atomic mass is 79.9. The average Bonchev–Trinajstić information content (AvgIpc) is 3.28. The van der Waals surface area contributed by atoms with Crippen LogP contribution in [0.25, 0.3) is 17.1 Å². The lowest BCUT2D eigenvalue weighted by Gasteiger charge is -2.10. The number of hydrogen-bond donors (Lipinski definition) is 1. The van der Waals surface area contributed by atoms with Crippen LogP contribution in [0.3, 0.4) is 0 Å². The van der Waals surface area contributed by atoms with Crippen LogP contribution in [0.2, 0.25) is 0 Å². The van der Waals surface area contributed by atoms with Gasteiger partial charge in [-0.25, -0.2) is 5.43 Å². The van der Waals surface area contributed by atoms with Gasteiger partial charge in [0, 0.05) is 11.3 Å². The zero-order valence-electron chi connectivity index (χ0n) is 18.6. The molecular weight excluding hydrogens is 514 g/mol. The number of hydrogen-bond acceptors (Lipinski definition) is 6. The zero-order chi connectivity index (χ0) is 23.9. The van der Waals surface area contributed by atoms with Crippen LogP contribution in [-0.4, -0.2) is 39.7 Å². The van der Waals surface area contributed by atoms with Gasteiger partial charge >= 0.3 is 0 Å². The molecular formula is C25H22BrN5O2S. The lowest BCUT2D eigenvalue weighted by molar-refractivity contribution is -0.118. The van der Waals surface area contributed by atoms with Crippen molar-refractivity contribution in [2.45, 2.75) is 12.1 Å². The minimum atomic E-state index is -0.242. The van der Waals surface area contributed by atoms with Gasteiger partial charge in [0.25, 0.3) is 5.91 Å². The Morgan fingerprint density at radius 1 is 1.12 bits per heavy atom. The molecule has 1 N–H and O–H groups in total. The van der Waals surface area contributed by atoms with Crippen LogP contribution in [0, 0.1) is 6.92 Å². The number of hydrazone groups is 1. The van der Waals surface area contributed by atoms with Crippen LogP contribution in [0.1, 0.15) is 11.1 Å². The number of aromatic nitrogens is 3. The zero-order valence-corrected chi connectivity index (χ0v) is 21.0. The molecule has 0 atom stereocenters. The highest BCUT2D eigenvalue weighted by molar-refractivity contribution is 9.10. The maximum Gasteiger partial charge on any atom is 0.250 e. The summed E-state index contributed by atoms with van der Waals surface area (Å²) in [5, 5.41) is 13.4. The summed E-state index contributed by atoms with van der Waals surface area (Å²) in [4.78, 5) is 12.4. The third-order valence-corrected chi connectivity index (χ3v) is 6.42. The lowest BCUT2D eigenvalue weighted by atomic mass is 10.2. The first-order valence-corrected chi connectivity index (χ1v) is 12.2. The molecule has 0 saturated carbocycles. The molecule has 4 rings (SSSR count). The van der Waals surface area contributed by atoms with Crippen LogP contribution >= 0.6 is 27.7 Å². The maximum absolute atomic E-state index is 12.4. The molecule has 4 aromatic rings. The Hall–Kier alpha value is -3.43. The third-order valence-electron chi connectivity index (χ3n) is 4.87. The Kier molecular flexibility index (Phi) is 7.76. The van der Waals surface area contributed by atoms with Gasteiger partial charge in [-0.2, -0.15) is 5.10 Å². The summed E-state index contributed by atoms with van der Waals surface area (Å²) >= 11 is 4.74. The highest BCUT2D eigenvalue weighted by Crippen LogP contribution is 2.28. The topological polar surface area (TPSA) is 81.4 Å². The van der Waals surface area contributed by atoms with Gasteiger partial charge in [-0.1, -0.05) is 59.8 Å². The molecule has 0 unspecified atom stereocenters. The number of amides is 1. The first-order valence-electron chi connectivity index (χ1n) is 10.4. The molecule has 1 amide bonds. The Morgan fingerprint density at radius 2 is 1.88 bits per heavy atom. The number of aryl methyl sites for hydroxylation is 1. The standard InChI is InChI=1S/C25H22BrN5O2S/c1-17-8-11-20(12-9-17)31-24(19-6-4-3-5-7-19)29-30-25(31)34-16-23(32)28-27-15-18-10-13-22(33-2)21(26)14-18/h3-15H,16H2,1-2H3,(H,28,32). The summed E-state index contributed by atoms with van der Waals surface area (Å²) in [5.74, 6) is 1.34. The number of halogens is 1. The minimum absolute atomic E-state index is 0.141. The summed E-state index contributed by atoms with van der Waals surface area (Å²) in [6, 6.07) is 23.5. The Balaban J connectivity index is 1.47. The van der Waals surface area contributed by atoms with Crippen molar-refractivity contribution in [3.63, 3.8) is 0 Å². The van der Waals surface area contributed by atoms with E-state index < -0.39 is 0 Å². The van der Waals surface area contributed by atoms with E-state index in [1.54, 1.807) is 13.3 Å². The molecule has 0 saturated heterocycles. The number of benzene rings is 3. The van der Waals surface area contributed by atoms with E-state index in [0.29, 0.717) is 5.16 Å². The molecule has 34 heavy (non-hydrogen) atoms. The van der Waals surface area contributed by atoms with Crippen molar-refractivity contribution in [2.24, 2.45) is 5.10 Å². The summed E-state index contributed by atoms with van der Waals surface area (Å²) < 4.78 is 7.99. The first-order chi connectivity index (χ1) is 16.5. The van der Waals surface area contributed by atoms with E-state index in [-0.39, 0.29) is 11.7 Å². The van der Waals surface area contributed by atoms with E-state index in [2.05, 4.69) is 36.7 Å². The molecule has 172 valence electrons. The van der Waals surface area contributed by atoms with E-state index in [1.165, 1.54) is 11.8 Å². The summed E-state index contributed by atoms with van der Waals surface area (Å²) in [6.07, 6.45) is 1.58. The molecule has 0 aliphatic heterocycles. The van der Waals surface area contributed by atoms with Crippen LogP contribution in [0.4, 0.5) is 0 Å². The van der Waals surface area contributed by atoms with Crippen molar-refractivity contribution in [1.29, 1.82) is 0 Å². The maximum atomic E-state index is 12.4. The molecule has 0 aliphatic carbocycles.